The van der Waals surface area contributed by atoms with E-state index in [1.165, 1.54) is 18.4 Å². The number of rotatable bonds is 3. The number of nitrogens with zero attached hydrogens (tertiary/aromatic N) is 1. The summed E-state index contributed by atoms with van der Waals surface area (Å²) >= 11 is 0. The summed E-state index contributed by atoms with van der Waals surface area (Å²) in [7, 11) is 0. The summed E-state index contributed by atoms with van der Waals surface area (Å²) in [6.45, 7) is 2.42. The standard InChI is InChI=1S/C12H15NO/c1-10(14)13(12-7-8-12)9-11-5-3-2-4-6-11/h2-6,12H,7-9H2,1H3. The summed E-state index contributed by atoms with van der Waals surface area (Å²) < 4.78 is 0. The van der Waals surface area contributed by atoms with Gasteiger partial charge in [-0.2, -0.15) is 0 Å². The van der Waals surface area contributed by atoms with Gasteiger partial charge in [-0.25, -0.2) is 0 Å². The van der Waals surface area contributed by atoms with Gasteiger partial charge in [-0.1, -0.05) is 30.3 Å². The van der Waals surface area contributed by atoms with Gasteiger partial charge in [-0.3, -0.25) is 4.79 Å². The molecule has 0 N–H and O–H groups in total. The Morgan fingerprint density at radius 1 is 1.36 bits per heavy atom. The molecule has 14 heavy (non-hydrogen) atoms. The van der Waals surface area contributed by atoms with E-state index in [4.69, 9.17) is 0 Å². The summed E-state index contributed by atoms with van der Waals surface area (Å²) in [5.74, 6) is 0.191. The molecule has 0 heterocycles. The normalized spacial score (nSPS) is 15.2. The van der Waals surface area contributed by atoms with Crippen LogP contribution in [-0.4, -0.2) is 16.8 Å². The Morgan fingerprint density at radius 3 is 2.50 bits per heavy atom. The molecule has 1 aliphatic rings. The lowest BCUT2D eigenvalue weighted by Crippen LogP contribution is -2.30. The predicted molar refractivity (Wildman–Crippen MR) is 55.7 cm³/mol. The zero-order chi connectivity index (χ0) is 9.97. The van der Waals surface area contributed by atoms with Crippen LogP contribution in [0.25, 0.3) is 0 Å². The minimum atomic E-state index is 0.191. The van der Waals surface area contributed by atoms with Crippen molar-refractivity contribution in [1.29, 1.82) is 0 Å². The first-order valence-corrected chi connectivity index (χ1v) is 5.08. The van der Waals surface area contributed by atoms with Crippen LogP contribution in [0.4, 0.5) is 0 Å². The number of carbonyl (C=O) groups excluding carboxylic acids is 1. The highest BCUT2D eigenvalue weighted by Gasteiger charge is 2.30. The molecule has 0 aliphatic heterocycles. The molecule has 2 rings (SSSR count). The van der Waals surface area contributed by atoms with Gasteiger partial charge in [0.1, 0.15) is 0 Å². The van der Waals surface area contributed by atoms with E-state index in [-0.39, 0.29) is 5.91 Å². The van der Waals surface area contributed by atoms with E-state index in [1.807, 2.05) is 23.1 Å². The van der Waals surface area contributed by atoms with Gasteiger partial charge in [-0.05, 0) is 18.4 Å². The molecule has 2 nitrogen and oxygen atoms in total. The van der Waals surface area contributed by atoms with E-state index in [9.17, 15) is 4.79 Å². The lowest BCUT2D eigenvalue weighted by Gasteiger charge is -2.20. The lowest BCUT2D eigenvalue weighted by molar-refractivity contribution is -0.130. The van der Waals surface area contributed by atoms with Crippen LogP contribution < -0.4 is 0 Å². The number of hydrogen-bond donors (Lipinski definition) is 0. The van der Waals surface area contributed by atoms with Gasteiger partial charge < -0.3 is 4.90 Å². The molecular formula is C12H15NO. The monoisotopic (exact) mass is 189 g/mol. The Morgan fingerprint density at radius 2 is 2.00 bits per heavy atom. The number of amides is 1. The first kappa shape index (κ1) is 9.25. The molecule has 1 saturated carbocycles. The first-order chi connectivity index (χ1) is 6.77. The SMILES string of the molecule is CC(=O)N(Cc1ccccc1)C1CC1. The number of benzene rings is 1. The fourth-order valence-electron chi connectivity index (χ4n) is 1.66. The van der Waals surface area contributed by atoms with Crippen LogP contribution in [-0.2, 0) is 11.3 Å². The molecule has 2 heteroatoms. The third-order valence-electron chi connectivity index (χ3n) is 2.59. The van der Waals surface area contributed by atoms with Gasteiger partial charge in [0.2, 0.25) is 5.91 Å². The molecule has 0 saturated heterocycles. The maximum atomic E-state index is 11.4. The van der Waals surface area contributed by atoms with E-state index in [2.05, 4.69) is 12.1 Å². The molecule has 1 amide bonds. The Bertz CT molecular complexity index is 316. The second-order valence-electron chi connectivity index (χ2n) is 3.86. The fourth-order valence-corrected chi connectivity index (χ4v) is 1.66. The molecule has 0 atom stereocenters. The highest BCUT2D eigenvalue weighted by atomic mass is 16.2. The van der Waals surface area contributed by atoms with Crippen molar-refractivity contribution in [2.24, 2.45) is 0 Å². The second kappa shape index (κ2) is 3.82. The van der Waals surface area contributed by atoms with Gasteiger partial charge in [0.15, 0.2) is 0 Å². The van der Waals surface area contributed by atoms with Crippen molar-refractivity contribution >= 4 is 5.91 Å². The minimum absolute atomic E-state index is 0.191. The third kappa shape index (κ3) is 2.13. The number of carbonyl (C=O) groups is 1. The van der Waals surface area contributed by atoms with Crippen LogP contribution >= 0.6 is 0 Å². The van der Waals surface area contributed by atoms with Crippen molar-refractivity contribution in [2.45, 2.75) is 32.4 Å². The van der Waals surface area contributed by atoms with Gasteiger partial charge in [0.05, 0.1) is 0 Å². The zero-order valence-electron chi connectivity index (χ0n) is 8.44. The van der Waals surface area contributed by atoms with E-state index >= 15 is 0 Å². The summed E-state index contributed by atoms with van der Waals surface area (Å²) in [6, 6.07) is 10.7. The maximum Gasteiger partial charge on any atom is 0.219 e. The van der Waals surface area contributed by atoms with E-state index < -0.39 is 0 Å². The van der Waals surface area contributed by atoms with Crippen molar-refractivity contribution in [1.82, 2.24) is 4.90 Å². The van der Waals surface area contributed by atoms with E-state index in [0.29, 0.717) is 6.04 Å². The Kier molecular flexibility index (Phi) is 2.53. The molecule has 1 aromatic carbocycles. The molecule has 0 aromatic heterocycles. The lowest BCUT2D eigenvalue weighted by atomic mass is 10.2. The molecule has 1 aliphatic carbocycles. The molecular weight excluding hydrogens is 174 g/mol. The van der Waals surface area contributed by atoms with Crippen molar-refractivity contribution in [2.75, 3.05) is 0 Å². The topological polar surface area (TPSA) is 20.3 Å². The molecule has 0 unspecified atom stereocenters. The molecule has 74 valence electrons. The largest absolute Gasteiger partial charge is 0.336 e. The van der Waals surface area contributed by atoms with Crippen LogP contribution in [0.3, 0.4) is 0 Å². The summed E-state index contributed by atoms with van der Waals surface area (Å²) in [5.41, 5.74) is 1.22. The first-order valence-electron chi connectivity index (χ1n) is 5.08. The highest BCUT2D eigenvalue weighted by molar-refractivity contribution is 5.74. The smallest absolute Gasteiger partial charge is 0.219 e. The average Bonchev–Trinajstić information content (AvgIpc) is 2.99. The van der Waals surface area contributed by atoms with E-state index in [0.717, 1.165) is 6.54 Å². The molecule has 0 radical (unpaired) electrons. The molecule has 1 fully saturated rings. The van der Waals surface area contributed by atoms with Crippen molar-refractivity contribution in [3.8, 4) is 0 Å². The predicted octanol–water partition coefficient (Wildman–Crippen LogP) is 2.20. The Labute approximate surface area is 84.5 Å². The minimum Gasteiger partial charge on any atom is -0.336 e. The third-order valence-corrected chi connectivity index (χ3v) is 2.59. The zero-order valence-corrected chi connectivity index (χ0v) is 8.44. The van der Waals surface area contributed by atoms with Crippen LogP contribution in [0.5, 0.6) is 0 Å². The van der Waals surface area contributed by atoms with Gasteiger partial charge in [0, 0.05) is 19.5 Å². The molecule has 1 aromatic rings. The Hall–Kier alpha value is -1.31. The van der Waals surface area contributed by atoms with Gasteiger partial charge in [0.25, 0.3) is 0 Å². The average molecular weight is 189 g/mol. The fraction of sp³-hybridized carbons (Fsp3) is 0.417. The van der Waals surface area contributed by atoms with Crippen molar-refractivity contribution in [3.63, 3.8) is 0 Å². The van der Waals surface area contributed by atoms with Crippen LogP contribution in [0.15, 0.2) is 30.3 Å². The molecule has 0 spiro atoms. The summed E-state index contributed by atoms with van der Waals surface area (Å²) in [6.07, 6.45) is 2.35. The molecule has 0 bridgehead atoms. The van der Waals surface area contributed by atoms with Crippen molar-refractivity contribution < 1.29 is 4.79 Å². The van der Waals surface area contributed by atoms with E-state index in [1.54, 1.807) is 6.92 Å². The van der Waals surface area contributed by atoms with Gasteiger partial charge >= 0.3 is 0 Å². The second-order valence-corrected chi connectivity index (χ2v) is 3.86. The van der Waals surface area contributed by atoms with Crippen molar-refractivity contribution in [3.05, 3.63) is 35.9 Å². The summed E-state index contributed by atoms with van der Waals surface area (Å²) in [5, 5.41) is 0. The maximum absolute atomic E-state index is 11.4. The van der Waals surface area contributed by atoms with Crippen LogP contribution in [0.2, 0.25) is 0 Å². The van der Waals surface area contributed by atoms with Crippen LogP contribution in [0, 0.1) is 0 Å². The van der Waals surface area contributed by atoms with Gasteiger partial charge in [-0.15, -0.1) is 0 Å². The highest BCUT2D eigenvalue weighted by Crippen LogP contribution is 2.28. The Balaban J connectivity index is 2.04. The quantitative estimate of drug-likeness (QED) is 0.713. The van der Waals surface area contributed by atoms with Crippen LogP contribution in [0.1, 0.15) is 25.3 Å². The number of hydrogen-bond acceptors (Lipinski definition) is 1. The summed E-state index contributed by atoms with van der Waals surface area (Å²) in [4.78, 5) is 13.3.